The summed E-state index contributed by atoms with van der Waals surface area (Å²) in [6, 6.07) is -0.114. The van der Waals surface area contributed by atoms with E-state index in [9.17, 15) is 14.4 Å². The third-order valence-corrected chi connectivity index (χ3v) is 9.11. The van der Waals surface area contributed by atoms with Crippen LogP contribution in [0.3, 0.4) is 0 Å². The van der Waals surface area contributed by atoms with E-state index in [1.165, 1.54) is 6.42 Å². The molecule has 12 nitrogen and oxygen atoms in total. The molecule has 216 valence electrons. The number of carbonyl (C=O) groups excluding carboxylic acids is 3. The Balaban J connectivity index is 1.03. The highest BCUT2D eigenvalue weighted by Gasteiger charge is 2.40. The van der Waals surface area contributed by atoms with Crippen LogP contribution in [0.25, 0.3) is 0 Å². The summed E-state index contributed by atoms with van der Waals surface area (Å²) >= 11 is 1.75. The van der Waals surface area contributed by atoms with E-state index in [4.69, 9.17) is 4.84 Å². The molecule has 0 aromatic heterocycles. The monoisotopic (exact) mass is 554 g/mol. The molecule has 0 aromatic rings. The Morgan fingerprint density at radius 1 is 1.16 bits per heavy atom. The zero-order valence-electron chi connectivity index (χ0n) is 22.6. The van der Waals surface area contributed by atoms with Gasteiger partial charge in [0.05, 0.1) is 17.7 Å². The summed E-state index contributed by atoms with van der Waals surface area (Å²) in [6.07, 6.45) is 6.88. The van der Waals surface area contributed by atoms with Gasteiger partial charge in [0.25, 0.3) is 0 Å². The molecule has 3 saturated heterocycles. The number of amides is 4. The average molecular weight is 555 g/mol. The minimum Gasteiger partial charge on any atom is -0.356 e. The van der Waals surface area contributed by atoms with E-state index in [1.807, 2.05) is 0 Å². The largest absolute Gasteiger partial charge is 0.356 e. The molecule has 4 aliphatic rings. The van der Waals surface area contributed by atoms with Gasteiger partial charge >= 0.3 is 6.03 Å². The lowest BCUT2D eigenvalue weighted by Gasteiger charge is -2.41. The number of hydroxylamine groups is 1. The van der Waals surface area contributed by atoms with Crippen molar-refractivity contribution in [1.29, 1.82) is 0 Å². The van der Waals surface area contributed by atoms with E-state index < -0.39 is 0 Å². The maximum atomic E-state index is 12.3. The van der Waals surface area contributed by atoms with Crippen LogP contribution >= 0.6 is 11.8 Å². The van der Waals surface area contributed by atoms with E-state index in [-0.39, 0.29) is 47.7 Å². The number of thioether (sulfide) groups is 1. The van der Waals surface area contributed by atoms with E-state index in [1.54, 1.807) is 11.8 Å². The summed E-state index contributed by atoms with van der Waals surface area (Å²) in [5.41, 5.74) is 9.00. The van der Waals surface area contributed by atoms with Crippen molar-refractivity contribution in [2.24, 2.45) is 23.7 Å². The van der Waals surface area contributed by atoms with Gasteiger partial charge in [-0.15, -0.1) is 11.8 Å². The molecule has 7 unspecified atom stereocenters. The fraction of sp³-hybridized carbons (Fsp3) is 0.880. The summed E-state index contributed by atoms with van der Waals surface area (Å²) < 4.78 is 0. The van der Waals surface area contributed by atoms with Gasteiger partial charge in [-0.1, -0.05) is 26.7 Å². The SMILES string of the molecule is CC(C)CNC(=O)NC1CC(C2NOC(CCC(=O)NCCCNC3NNC(=O)C4CCCCC34)N2)CS1. The van der Waals surface area contributed by atoms with Gasteiger partial charge in [-0.25, -0.2) is 10.2 Å². The number of rotatable bonds is 12. The van der Waals surface area contributed by atoms with Crippen molar-refractivity contribution in [1.82, 2.24) is 42.9 Å². The normalized spacial score (nSPS) is 33.0. The first kappa shape index (κ1) is 29.3. The standard InChI is InChI=1S/C25H46N8O4S/c1-15(2)13-28-25(36)30-21-12-16(14-38-21)22-29-20(37-33-22)9-8-19(34)26-10-5-11-27-23-17-6-3-4-7-18(17)24(35)32-31-23/h15-18,20-23,27,29,31,33H,3-14H2,1-2H3,(H,26,34)(H,32,35)(H2,28,30,36). The molecule has 4 rings (SSSR count). The molecule has 0 bridgehead atoms. The molecular formula is C25H46N8O4S. The van der Waals surface area contributed by atoms with E-state index in [0.717, 1.165) is 44.4 Å². The number of hydrogen-bond acceptors (Lipinski definition) is 9. The van der Waals surface area contributed by atoms with Gasteiger partial charge < -0.3 is 21.3 Å². The molecule has 1 saturated carbocycles. The van der Waals surface area contributed by atoms with E-state index in [0.29, 0.717) is 43.7 Å². The van der Waals surface area contributed by atoms with Crippen LogP contribution in [0.2, 0.25) is 0 Å². The maximum Gasteiger partial charge on any atom is 0.315 e. The second-order valence-electron chi connectivity index (χ2n) is 11.3. The van der Waals surface area contributed by atoms with Crippen molar-refractivity contribution in [3.05, 3.63) is 0 Å². The lowest BCUT2D eigenvalue weighted by molar-refractivity contribution is -0.134. The molecule has 8 N–H and O–H groups in total. The second-order valence-corrected chi connectivity index (χ2v) is 12.5. The first-order valence-electron chi connectivity index (χ1n) is 14.3. The fourth-order valence-electron chi connectivity index (χ4n) is 5.64. The predicted octanol–water partition coefficient (Wildman–Crippen LogP) is 0.440. The minimum atomic E-state index is -0.213. The van der Waals surface area contributed by atoms with E-state index >= 15 is 0 Å². The average Bonchev–Trinajstić information content (AvgIpc) is 3.57. The number of fused-ring (bicyclic) bond motifs is 1. The molecule has 13 heteroatoms. The number of nitrogens with one attached hydrogen (secondary N) is 8. The van der Waals surface area contributed by atoms with Crippen molar-refractivity contribution >= 4 is 29.6 Å². The fourth-order valence-corrected chi connectivity index (χ4v) is 7.02. The molecule has 38 heavy (non-hydrogen) atoms. The Hall–Kier alpha value is -1.64. The van der Waals surface area contributed by atoms with Gasteiger partial charge in [0.1, 0.15) is 6.23 Å². The van der Waals surface area contributed by atoms with Crippen molar-refractivity contribution in [3.8, 4) is 0 Å². The molecule has 4 amide bonds. The molecule has 4 fully saturated rings. The molecule has 0 spiro atoms. The Morgan fingerprint density at radius 3 is 2.84 bits per heavy atom. The summed E-state index contributed by atoms with van der Waals surface area (Å²) in [6.45, 7) is 6.18. The van der Waals surface area contributed by atoms with Gasteiger partial charge in [0.15, 0.2) is 0 Å². The Bertz CT molecular complexity index is 805. The third kappa shape index (κ3) is 8.68. The maximum absolute atomic E-state index is 12.3. The molecule has 0 radical (unpaired) electrons. The number of urea groups is 1. The quantitative estimate of drug-likeness (QED) is 0.160. The zero-order chi connectivity index (χ0) is 26.9. The van der Waals surface area contributed by atoms with Crippen molar-refractivity contribution in [3.63, 3.8) is 0 Å². The molecule has 1 aliphatic carbocycles. The predicted molar refractivity (Wildman–Crippen MR) is 146 cm³/mol. The van der Waals surface area contributed by atoms with Crippen LogP contribution in [0.5, 0.6) is 0 Å². The van der Waals surface area contributed by atoms with Crippen LogP contribution in [-0.2, 0) is 14.4 Å². The summed E-state index contributed by atoms with van der Waals surface area (Å²) in [7, 11) is 0. The lowest BCUT2D eigenvalue weighted by Crippen LogP contribution is -2.64. The summed E-state index contributed by atoms with van der Waals surface area (Å²) in [5, 5.41) is 16.0. The van der Waals surface area contributed by atoms with Gasteiger partial charge in [-0.3, -0.25) is 25.2 Å². The van der Waals surface area contributed by atoms with Crippen LogP contribution in [0.15, 0.2) is 0 Å². The smallest absolute Gasteiger partial charge is 0.315 e. The first-order valence-corrected chi connectivity index (χ1v) is 15.3. The first-order chi connectivity index (χ1) is 18.4. The third-order valence-electron chi connectivity index (χ3n) is 7.77. The Labute approximate surface area is 230 Å². The molecule has 3 heterocycles. The van der Waals surface area contributed by atoms with Crippen molar-refractivity contribution in [2.75, 3.05) is 25.4 Å². The van der Waals surface area contributed by atoms with Crippen LogP contribution in [0.4, 0.5) is 4.79 Å². The summed E-state index contributed by atoms with van der Waals surface area (Å²) in [4.78, 5) is 42.1. The van der Waals surface area contributed by atoms with Gasteiger partial charge in [0, 0.05) is 43.0 Å². The van der Waals surface area contributed by atoms with Crippen molar-refractivity contribution in [2.45, 2.75) is 89.1 Å². The highest BCUT2D eigenvalue weighted by atomic mass is 32.2. The number of hydrogen-bond donors (Lipinski definition) is 8. The minimum absolute atomic E-state index is 0.00843. The molecule has 7 atom stereocenters. The Kier molecular flexibility index (Phi) is 11.3. The zero-order valence-corrected chi connectivity index (χ0v) is 23.5. The van der Waals surface area contributed by atoms with Gasteiger partial charge in [0.2, 0.25) is 11.8 Å². The molecular weight excluding hydrogens is 508 g/mol. The summed E-state index contributed by atoms with van der Waals surface area (Å²) in [5.74, 6) is 2.25. The topological polar surface area (TPSA) is 157 Å². The van der Waals surface area contributed by atoms with Crippen LogP contribution in [-0.4, -0.2) is 67.2 Å². The Morgan fingerprint density at radius 2 is 2.00 bits per heavy atom. The van der Waals surface area contributed by atoms with Gasteiger partial charge in [-0.05, 0) is 44.6 Å². The second kappa shape index (κ2) is 14.7. The van der Waals surface area contributed by atoms with Crippen LogP contribution in [0, 0.1) is 23.7 Å². The molecule has 0 aromatic carbocycles. The van der Waals surface area contributed by atoms with Crippen LogP contribution < -0.4 is 42.9 Å². The lowest BCUT2D eigenvalue weighted by atomic mass is 9.76. The number of hydrazine groups is 1. The van der Waals surface area contributed by atoms with E-state index in [2.05, 4.69) is 56.8 Å². The van der Waals surface area contributed by atoms with Gasteiger partial charge in [-0.2, -0.15) is 5.48 Å². The van der Waals surface area contributed by atoms with Crippen molar-refractivity contribution < 1.29 is 19.2 Å². The van der Waals surface area contributed by atoms with Crippen LogP contribution in [0.1, 0.15) is 65.2 Å². The highest BCUT2D eigenvalue weighted by molar-refractivity contribution is 8.00. The molecule has 3 aliphatic heterocycles. The number of carbonyl (C=O) groups is 3. The highest BCUT2D eigenvalue weighted by Crippen LogP contribution is 2.34.